The lowest BCUT2D eigenvalue weighted by atomic mass is 10.3. The molecule has 0 radical (unpaired) electrons. The third-order valence-corrected chi connectivity index (χ3v) is 2.26. The molecule has 2 rings (SSSR count). The van der Waals surface area contributed by atoms with Crippen LogP contribution in [0.15, 0.2) is 30.6 Å². The van der Waals surface area contributed by atoms with Crippen molar-refractivity contribution in [1.82, 2.24) is 9.55 Å². The van der Waals surface area contributed by atoms with Gasteiger partial charge in [0.1, 0.15) is 6.04 Å². The highest BCUT2D eigenvalue weighted by Crippen LogP contribution is 2.17. The summed E-state index contributed by atoms with van der Waals surface area (Å²) in [5.74, 6) is -0.841. The van der Waals surface area contributed by atoms with Crippen molar-refractivity contribution in [3.63, 3.8) is 0 Å². The Hall–Kier alpha value is -1.84. The predicted octanol–water partition coefficient (Wildman–Crippen LogP) is 1.68. The van der Waals surface area contributed by atoms with Crippen LogP contribution in [0.25, 0.3) is 11.0 Å². The van der Waals surface area contributed by atoms with Crippen LogP contribution in [0, 0.1) is 0 Å². The first-order chi connectivity index (χ1) is 6.70. The molecule has 0 spiro atoms. The Morgan fingerprint density at radius 1 is 1.57 bits per heavy atom. The fraction of sp³-hybridized carbons (Fsp3) is 0.200. The van der Waals surface area contributed by atoms with Crippen molar-refractivity contribution in [2.75, 3.05) is 0 Å². The molecule has 4 heteroatoms. The van der Waals surface area contributed by atoms with E-state index >= 15 is 0 Å². The van der Waals surface area contributed by atoms with Crippen molar-refractivity contribution in [3.05, 3.63) is 30.6 Å². The van der Waals surface area contributed by atoms with E-state index in [9.17, 15) is 4.79 Å². The molecule has 4 nitrogen and oxygen atoms in total. The lowest BCUT2D eigenvalue weighted by Gasteiger charge is -2.09. The van der Waals surface area contributed by atoms with E-state index in [1.807, 2.05) is 12.1 Å². The minimum absolute atomic E-state index is 0.559. The third kappa shape index (κ3) is 1.25. The topological polar surface area (TPSA) is 55.1 Å². The van der Waals surface area contributed by atoms with Crippen LogP contribution in [0.2, 0.25) is 0 Å². The smallest absolute Gasteiger partial charge is 0.326 e. The van der Waals surface area contributed by atoms with Crippen LogP contribution >= 0.6 is 0 Å². The van der Waals surface area contributed by atoms with Gasteiger partial charge in [-0.3, -0.25) is 4.98 Å². The van der Waals surface area contributed by atoms with E-state index < -0.39 is 12.0 Å². The highest BCUT2D eigenvalue weighted by Gasteiger charge is 2.14. The van der Waals surface area contributed by atoms with Crippen molar-refractivity contribution >= 4 is 17.0 Å². The highest BCUT2D eigenvalue weighted by atomic mass is 16.4. The summed E-state index contributed by atoms with van der Waals surface area (Å²) in [6, 6.07) is 4.92. The van der Waals surface area contributed by atoms with E-state index in [1.54, 1.807) is 30.0 Å². The molecule has 14 heavy (non-hydrogen) atoms. The van der Waals surface area contributed by atoms with E-state index in [0.29, 0.717) is 0 Å². The maximum atomic E-state index is 10.8. The average Bonchev–Trinajstić information content (AvgIpc) is 2.60. The minimum atomic E-state index is -0.841. The van der Waals surface area contributed by atoms with Gasteiger partial charge < -0.3 is 9.67 Å². The number of rotatable bonds is 2. The Morgan fingerprint density at radius 2 is 2.36 bits per heavy atom. The van der Waals surface area contributed by atoms with Crippen molar-refractivity contribution < 1.29 is 9.90 Å². The number of carboxylic acid groups (broad SMARTS) is 1. The molecule has 0 aromatic carbocycles. The molecule has 0 aliphatic carbocycles. The first-order valence-corrected chi connectivity index (χ1v) is 4.34. The molecule has 0 amide bonds. The second-order valence-corrected chi connectivity index (χ2v) is 3.14. The summed E-state index contributed by atoms with van der Waals surface area (Å²) in [7, 11) is 0. The second kappa shape index (κ2) is 3.14. The van der Waals surface area contributed by atoms with E-state index in [2.05, 4.69) is 4.98 Å². The minimum Gasteiger partial charge on any atom is -0.480 e. The van der Waals surface area contributed by atoms with Crippen LogP contribution < -0.4 is 0 Å². The number of carboxylic acids is 1. The SMILES string of the molecule is CC(C(=O)O)n1ccc2ncccc21. The Morgan fingerprint density at radius 3 is 3.07 bits per heavy atom. The normalized spacial score (nSPS) is 12.9. The van der Waals surface area contributed by atoms with Gasteiger partial charge >= 0.3 is 5.97 Å². The van der Waals surface area contributed by atoms with Gasteiger partial charge in [0.25, 0.3) is 0 Å². The zero-order valence-corrected chi connectivity index (χ0v) is 7.71. The molecule has 2 heterocycles. The standard InChI is InChI=1S/C10H10N2O2/c1-7(10(13)14)12-6-4-8-9(12)3-2-5-11-8/h2-7H,1H3,(H,13,14). The maximum absolute atomic E-state index is 10.8. The van der Waals surface area contributed by atoms with Crippen molar-refractivity contribution in [1.29, 1.82) is 0 Å². The summed E-state index contributed by atoms with van der Waals surface area (Å²) >= 11 is 0. The lowest BCUT2D eigenvalue weighted by molar-refractivity contribution is -0.140. The molecular weight excluding hydrogens is 180 g/mol. The summed E-state index contributed by atoms with van der Waals surface area (Å²) < 4.78 is 1.70. The quantitative estimate of drug-likeness (QED) is 0.783. The van der Waals surface area contributed by atoms with Crippen LogP contribution in [0.5, 0.6) is 0 Å². The third-order valence-electron chi connectivity index (χ3n) is 2.26. The predicted molar refractivity (Wildman–Crippen MR) is 52.1 cm³/mol. The number of aliphatic carboxylic acids is 1. The van der Waals surface area contributed by atoms with Crippen LogP contribution in [0.1, 0.15) is 13.0 Å². The molecule has 0 saturated heterocycles. The first-order valence-electron chi connectivity index (χ1n) is 4.34. The number of pyridine rings is 1. The number of nitrogens with zero attached hydrogens (tertiary/aromatic N) is 2. The molecule has 72 valence electrons. The van der Waals surface area contributed by atoms with Crippen LogP contribution in [0.4, 0.5) is 0 Å². The largest absolute Gasteiger partial charge is 0.480 e. The lowest BCUT2D eigenvalue weighted by Crippen LogP contribution is -2.14. The fourth-order valence-electron chi connectivity index (χ4n) is 1.44. The molecule has 0 fully saturated rings. The molecule has 0 aliphatic heterocycles. The highest BCUT2D eigenvalue weighted by molar-refractivity contribution is 5.79. The Labute approximate surface area is 80.8 Å². The zero-order valence-electron chi connectivity index (χ0n) is 7.71. The van der Waals surface area contributed by atoms with Gasteiger partial charge in [0.05, 0.1) is 11.0 Å². The number of carbonyl (C=O) groups is 1. The van der Waals surface area contributed by atoms with E-state index in [4.69, 9.17) is 5.11 Å². The van der Waals surface area contributed by atoms with Crippen LogP contribution in [-0.4, -0.2) is 20.6 Å². The van der Waals surface area contributed by atoms with Gasteiger partial charge in [-0.1, -0.05) is 0 Å². The Kier molecular flexibility index (Phi) is 1.96. The second-order valence-electron chi connectivity index (χ2n) is 3.14. The van der Waals surface area contributed by atoms with Gasteiger partial charge in [-0.2, -0.15) is 0 Å². The van der Waals surface area contributed by atoms with Crippen molar-refractivity contribution in [2.45, 2.75) is 13.0 Å². The molecule has 0 bridgehead atoms. The van der Waals surface area contributed by atoms with Gasteiger partial charge in [-0.15, -0.1) is 0 Å². The monoisotopic (exact) mass is 190 g/mol. The van der Waals surface area contributed by atoms with Crippen LogP contribution in [-0.2, 0) is 4.79 Å². The van der Waals surface area contributed by atoms with E-state index in [1.165, 1.54) is 0 Å². The van der Waals surface area contributed by atoms with Crippen LogP contribution in [0.3, 0.4) is 0 Å². The van der Waals surface area contributed by atoms with E-state index in [-0.39, 0.29) is 0 Å². The summed E-state index contributed by atoms with van der Waals surface area (Å²) in [5, 5.41) is 8.87. The summed E-state index contributed by atoms with van der Waals surface area (Å²) in [6.45, 7) is 1.65. The molecule has 2 aromatic rings. The Bertz CT molecular complexity index is 476. The number of hydrogen-bond acceptors (Lipinski definition) is 2. The molecule has 2 aromatic heterocycles. The molecule has 1 atom stereocenters. The fourth-order valence-corrected chi connectivity index (χ4v) is 1.44. The Balaban J connectivity index is 2.58. The molecule has 0 saturated carbocycles. The van der Waals surface area contributed by atoms with Gasteiger partial charge in [0, 0.05) is 12.4 Å². The number of aromatic nitrogens is 2. The molecule has 0 aliphatic rings. The van der Waals surface area contributed by atoms with Gasteiger partial charge in [-0.05, 0) is 25.1 Å². The number of hydrogen-bond donors (Lipinski definition) is 1. The first kappa shape index (κ1) is 8.74. The van der Waals surface area contributed by atoms with Gasteiger partial charge in [0.2, 0.25) is 0 Å². The van der Waals surface area contributed by atoms with Gasteiger partial charge in [0.15, 0.2) is 0 Å². The zero-order chi connectivity index (χ0) is 10.1. The average molecular weight is 190 g/mol. The number of fused-ring (bicyclic) bond motifs is 1. The van der Waals surface area contributed by atoms with Crippen molar-refractivity contribution in [3.8, 4) is 0 Å². The molecular formula is C10H10N2O2. The molecule has 1 unspecified atom stereocenters. The summed E-state index contributed by atoms with van der Waals surface area (Å²) in [5.41, 5.74) is 1.67. The maximum Gasteiger partial charge on any atom is 0.326 e. The molecule has 1 N–H and O–H groups in total. The van der Waals surface area contributed by atoms with Gasteiger partial charge in [-0.25, -0.2) is 4.79 Å². The summed E-state index contributed by atoms with van der Waals surface area (Å²) in [4.78, 5) is 14.9. The van der Waals surface area contributed by atoms with E-state index in [0.717, 1.165) is 11.0 Å². The summed E-state index contributed by atoms with van der Waals surface area (Å²) in [6.07, 6.45) is 3.44. The van der Waals surface area contributed by atoms with Crippen molar-refractivity contribution in [2.24, 2.45) is 0 Å².